The van der Waals surface area contributed by atoms with Gasteiger partial charge in [0.15, 0.2) is 0 Å². The lowest BCUT2D eigenvalue weighted by Crippen LogP contribution is -2.56. The first-order valence-electron chi connectivity index (χ1n) is 8.34. The number of nitrogens with one attached hydrogen (secondary N) is 1. The molecule has 1 rings (SSSR count). The molecule has 0 fully saturated rings. The van der Waals surface area contributed by atoms with Gasteiger partial charge in [0.1, 0.15) is 11.1 Å². The van der Waals surface area contributed by atoms with Crippen LogP contribution >= 0.6 is 0 Å². The lowest BCUT2D eigenvalue weighted by Gasteiger charge is -2.31. The van der Waals surface area contributed by atoms with Crippen LogP contribution < -0.4 is 5.32 Å². The zero-order valence-corrected chi connectivity index (χ0v) is 15.7. The molecule has 0 aliphatic rings. The average Bonchev–Trinajstić information content (AvgIpc) is 2.56. The van der Waals surface area contributed by atoms with E-state index in [1.165, 1.54) is 7.11 Å². The molecule has 0 saturated carbocycles. The van der Waals surface area contributed by atoms with Gasteiger partial charge in [0.2, 0.25) is 0 Å². The molecular weight excluding hydrogens is 320 g/mol. The van der Waals surface area contributed by atoms with E-state index in [0.717, 1.165) is 5.56 Å². The van der Waals surface area contributed by atoms with Crippen LogP contribution in [0, 0.1) is 0 Å². The molecule has 0 heterocycles. The molecule has 6 heteroatoms. The van der Waals surface area contributed by atoms with Crippen LogP contribution in [0.1, 0.15) is 46.1 Å². The second kappa shape index (κ2) is 9.20. The number of aliphatic imine (C=N–C) groups is 1. The smallest absolute Gasteiger partial charge is 0.408 e. The van der Waals surface area contributed by atoms with Crippen molar-refractivity contribution in [3.8, 4) is 0 Å². The highest BCUT2D eigenvalue weighted by Gasteiger charge is 2.40. The number of nitrogens with zero attached hydrogens (tertiary/aromatic N) is 1. The molecule has 6 nitrogen and oxygen atoms in total. The fourth-order valence-corrected chi connectivity index (χ4v) is 2.23. The average molecular weight is 348 g/mol. The fourth-order valence-electron chi connectivity index (χ4n) is 2.23. The molecule has 1 atom stereocenters. The van der Waals surface area contributed by atoms with Gasteiger partial charge < -0.3 is 14.8 Å². The Hall–Kier alpha value is -2.37. The summed E-state index contributed by atoms with van der Waals surface area (Å²) in [5.41, 5.74) is -0.780. The van der Waals surface area contributed by atoms with Gasteiger partial charge in [-0.25, -0.2) is 9.59 Å². The summed E-state index contributed by atoms with van der Waals surface area (Å²) in [7, 11) is 1.30. The van der Waals surface area contributed by atoms with Gasteiger partial charge in [-0.2, -0.15) is 0 Å². The van der Waals surface area contributed by atoms with Gasteiger partial charge in [-0.1, -0.05) is 37.3 Å². The minimum absolute atomic E-state index is 0.224. The van der Waals surface area contributed by atoms with Crippen molar-refractivity contribution in [2.24, 2.45) is 4.99 Å². The number of ether oxygens (including phenoxy) is 2. The van der Waals surface area contributed by atoms with Gasteiger partial charge in [0, 0.05) is 12.6 Å². The quantitative estimate of drug-likeness (QED) is 0.604. The molecule has 0 aliphatic carbocycles. The third kappa shape index (κ3) is 6.95. The maximum Gasteiger partial charge on any atom is 0.408 e. The Balaban J connectivity index is 2.81. The van der Waals surface area contributed by atoms with E-state index >= 15 is 0 Å². The first kappa shape index (κ1) is 20.7. The molecule has 0 radical (unpaired) electrons. The van der Waals surface area contributed by atoms with Crippen LogP contribution in [0.15, 0.2) is 35.3 Å². The zero-order chi connectivity index (χ0) is 18.9. The number of benzene rings is 1. The van der Waals surface area contributed by atoms with E-state index in [1.807, 2.05) is 30.3 Å². The highest BCUT2D eigenvalue weighted by molar-refractivity contribution is 5.88. The molecular formula is C19H28N2O4. The summed E-state index contributed by atoms with van der Waals surface area (Å²) in [6.07, 6.45) is 1.57. The van der Waals surface area contributed by atoms with Crippen LogP contribution in [-0.2, 0) is 20.8 Å². The molecule has 25 heavy (non-hydrogen) atoms. The van der Waals surface area contributed by atoms with Crippen molar-refractivity contribution >= 4 is 18.3 Å². The van der Waals surface area contributed by atoms with E-state index in [9.17, 15) is 9.59 Å². The van der Waals surface area contributed by atoms with Crippen molar-refractivity contribution in [1.82, 2.24) is 5.32 Å². The number of hydrogen-bond donors (Lipinski definition) is 1. The Morgan fingerprint density at radius 3 is 2.36 bits per heavy atom. The molecule has 0 bridgehead atoms. The number of hydrogen-bond acceptors (Lipinski definition) is 5. The number of methoxy groups -OCH3 is 1. The fraction of sp³-hybridized carbons (Fsp3) is 0.526. The number of alkyl carbamates (subject to hydrolysis) is 1. The summed E-state index contributed by atoms with van der Waals surface area (Å²) in [5, 5.41) is 2.66. The Labute approximate surface area is 149 Å². The summed E-state index contributed by atoms with van der Waals surface area (Å²) < 4.78 is 10.1. The third-order valence-corrected chi connectivity index (χ3v) is 3.61. The van der Waals surface area contributed by atoms with Gasteiger partial charge in [0.25, 0.3) is 0 Å². The highest BCUT2D eigenvalue weighted by Crippen LogP contribution is 2.18. The normalized spacial score (nSPS) is 14.0. The Bertz CT molecular complexity index is 593. The predicted molar refractivity (Wildman–Crippen MR) is 97.7 cm³/mol. The monoisotopic (exact) mass is 348 g/mol. The Kier molecular flexibility index (Phi) is 7.61. The molecule has 0 aliphatic heterocycles. The zero-order valence-electron chi connectivity index (χ0n) is 15.7. The van der Waals surface area contributed by atoms with Crippen LogP contribution in [0.25, 0.3) is 0 Å². The summed E-state index contributed by atoms with van der Waals surface area (Å²) in [6.45, 7) is 7.60. The Morgan fingerprint density at radius 2 is 1.84 bits per heavy atom. The minimum atomic E-state index is -1.20. The topological polar surface area (TPSA) is 77.0 Å². The first-order valence-corrected chi connectivity index (χ1v) is 8.34. The van der Waals surface area contributed by atoms with Crippen LogP contribution in [0.2, 0.25) is 0 Å². The Morgan fingerprint density at radius 1 is 1.20 bits per heavy atom. The van der Waals surface area contributed by atoms with E-state index in [2.05, 4.69) is 10.3 Å². The van der Waals surface area contributed by atoms with E-state index < -0.39 is 23.2 Å². The molecule has 0 aromatic heterocycles. The highest BCUT2D eigenvalue weighted by atomic mass is 16.6. The predicted octanol–water partition coefficient (Wildman–Crippen LogP) is 3.49. The number of carbonyl (C=O) groups is 2. The van der Waals surface area contributed by atoms with Gasteiger partial charge in [-0.05, 0) is 32.8 Å². The number of carbonyl (C=O) groups excluding carboxylic acids is 2. The standard InChI is InChI=1S/C19H28N2O4/c1-6-19(16(22)24-5,21-17(23)25-18(2,3)4)12-13-20-14-15-10-8-7-9-11-15/h7-11,13H,6,12,14H2,1-5H3,(H,21,23)/b20-13+. The summed E-state index contributed by atoms with van der Waals surface area (Å²) in [5.74, 6) is -0.521. The van der Waals surface area contributed by atoms with Crippen molar-refractivity contribution < 1.29 is 19.1 Å². The van der Waals surface area contributed by atoms with E-state index in [1.54, 1.807) is 33.9 Å². The molecule has 138 valence electrons. The maximum absolute atomic E-state index is 12.3. The molecule has 1 N–H and O–H groups in total. The summed E-state index contributed by atoms with van der Waals surface area (Å²) in [6, 6.07) is 9.78. The van der Waals surface area contributed by atoms with Crippen molar-refractivity contribution in [3.63, 3.8) is 0 Å². The van der Waals surface area contributed by atoms with Crippen molar-refractivity contribution in [2.75, 3.05) is 7.11 Å². The van der Waals surface area contributed by atoms with Gasteiger partial charge in [-0.15, -0.1) is 0 Å². The molecule has 0 saturated heterocycles. The van der Waals surface area contributed by atoms with E-state index in [4.69, 9.17) is 9.47 Å². The van der Waals surface area contributed by atoms with Crippen molar-refractivity contribution in [1.29, 1.82) is 0 Å². The van der Waals surface area contributed by atoms with E-state index in [0.29, 0.717) is 13.0 Å². The molecule has 0 spiro atoms. The molecule has 1 aromatic rings. The van der Waals surface area contributed by atoms with Crippen LogP contribution in [0.3, 0.4) is 0 Å². The van der Waals surface area contributed by atoms with Crippen molar-refractivity contribution in [2.45, 2.75) is 58.2 Å². The summed E-state index contributed by atoms with van der Waals surface area (Å²) in [4.78, 5) is 28.7. The molecule has 1 aromatic carbocycles. The van der Waals surface area contributed by atoms with Crippen LogP contribution in [0.5, 0.6) is 0 Å². The SMILES string of the molecule is CCC(C/C=N/Cc1ccccc1)(NC(=O)OC(C)(C)C)C(=O)OC. The van der Waals surface area contributed by atoms with Gasteiger partial charge in [0.05, 0.1) is 13.7 Å². The summed E-state index contributed by atoms with van der Waals surface area (Å²) >= 11 is 0. The maximum atomic E-state index is 12.3. The third-order valence-electron chi connectivity index (χ3n) is 3.61. The largest absolute Gasteiger partial charge is 0.467 e. The number of esters is 1. The number of rotatable bonds is 7. The minimum Gasteiger partial charge on any atom is -0.467 e. The van der Waals surface area contributed by atoms with Gasteiger partial charge >= 0.3 is 12.1 Å². The van der Waals surface area contributed by atoms with Gasteiger partial charge in [-0.3, -0.25) is 4.99 Å². The van der Waals surface area contributed by atoms with Crippen LogP contribution in [-0.4, -0.2) is 36.5 Å². The van der Waals surface area contributed by atoms with E-state index in [-0.39, 0.29) is 6.42 Å². The second-order valence-corrected chi connectivity index (χ2v) is 6.77. The lowest BCUT2D eigenvalue weighted by molar-refractivity contribution is -0.148. The molecule has 1 amide bonds. The first-order chi connectivity index (χ1) is 11.7. The molecule has 1 unspecified atom stereocenters. The van der Waals surface area contributed by atoms with Crippen LogP contribution in [0.4, 0.5) is 4.79 Å². The van der Waals surface area contributed by atoms with Crippen molar-refractivity contribution in [3.05, 3.63) is 35.9 Å². The number of amides is 1. The lowest BCUT2D eigenvalue weighted by atomic mass is 9.92. The second-order valence-electron chi connectivity index (χ2n) is 6.77.